The first-order valence-corrected chi connectivity index (χ1v) is 9.17. The number of rotatable bonds is 12. The van der Waals surface area contributed by atoms with Gasteiger partial charge in [-0.15, -0.1) is 0 Å². The van der Waals surface area contributed by atoms with Crippen molar-refractivity contribution < 1.29 is 4.74 Å². The van der Waals surface area contributed by atoms with Crippen LogP contribution in [0, 0.1) is 5.92 Å². The summed E-state index contributed by atoms with van der Waals surface area (Å²) in [5, 5.41) is 0. The normalized spacial score (nSPS) is 12.7. The molecule has 1 nitrogen and oxygen atoms in total. The summed E-state index contributed by atoms with van der Waals surface area (Å²) >= 11 is 0. The smallest absolute Gasteiger partial charge is 0.119 e. The fourth-order valence-corrected chi connectivity index (χ4v) is 2.64. The van der Waals surface area contributed by atoms with Crippen LogP contribution in [0.15, 0.2) is 30.3 Å². The fourth-order valence-electron chi connectivity index (χ4n) is 2.64. The van der Waals surface area contributed by atoms with Gasteiger partial charge in [-0.3, -0.25) is 0 Å². The maximum atomic E-state index is 5.46. The van der Waals surface area contributed by atoms with E-state index in [1.54, 1.807) is 0 Å². The van der Waals surface area contributed by atoms with Crippen molar-refractivity contribution in [3.8, 4) is 5.75 Å². The van der Waals surface area contributed by atoms with Crippen LogP contribution in [0.1, 0.15) is 77.7 Å². The van der Waals surface area contributed by atoms with E-state index in [9.17, 15) is 0 Å². The summed E-state index contributed by atoms with van der Waals surface area (Å²) in [7, 11) is 0. The highest BCUT2D eigenvalue weighted by Gasteiger charge is 1.98. The Morgan fingerprint density at radius 2 is 1.55 bits per heavy atom. The van der Waals surface area contributed by atoms with E-state index in [-0.39, 0.29) is 0 Å². The van der Waals surface area contributed by atoms with E-state index in [1.807, 2.05) is 19.1 Å². The molecular weight excluding hydrogens is 268 g/mol. The largest absolute Gasteiger partial charge is 0.494 e. The van der Waals surface area contributed by atoms with Crippen molar-refractivity contribution in [3.63, 3.8) is 0 Å². The predicted molar refractivity (Wildman–Crippen MR) is 98.4 cm³/mol. The molecule has 1 unspecified atom stereocenters. The molecule has 0 radical (unpaired) electrons. The molecule has 0 amide bonds. The van der Waals surface area contributed by atoms with E-state index >= 15 is 0 Å². The van der Waals surface area contributed by atoms with Crippen LogP contribution in [0.25, 0.3) is 6.08 Å². The first-order chi connectivity index (χ1) is 10.8. The summed E-state index contributed by atoms with van der Waals surface area (Å²) in [6.07, 6.45) is 15.6. The number of benzene rings is 1. The Morgan fingerprint density at radius 3 is 2.18 bits per heavy atom. The summed E-state index contributed by atoms with van der Waals surface area (Å²) in [5.74, 6) is 1.62. The average molecular weight is 303 g/mol. The molecule has 0 saturated carbocycles. The Morgan fingerprint density at radius 1 is 0.909 bits per heavy atom. The first kappa shape index (κ1) is 18.8. The van der Waals surface area contributed by atoms with Crippen LogP contribution in [0.3, 0.4) is 0 Å². The topological polar surface area (TPSA) is 9.23 Å². The molecule has 0 heterocycles. The molecule has 1 heteroatoms. The van der Waals surface area contributed by atoms with E-state index in [1.165, 1.54) is 56.9 Å². The third-order valence-electron chi connectivity index (χ3n) is 4.07. The number of ether oxygens (including phenoxy) is 1. The summed E-state index contributed by atoms with van der Waals surface area (Å²) < 4.78 is 5.46. The second-order valence-electron chi connectivity index (χ2n) is 6.25. The second kappa shape index (κ2) is 12.3. The number of hydrogen-bond acceptors (Lipinski definition) is 1. The highest BCUT2D eigenvalue weighted by atomic mass is 16.5. The van der Waals surface area contributed by atoms with Gasteiger partial charge in [-0.1, -0.05) is 83.1 Å². The highest BCUT2D eigenvalue weighted by Crippen LogP contribution is 2.17. The zero-order chi connectivity index (χ0) is 16.0. The molecule has 0 bridgehead atoms. The molecular formula is C21H34O. The Balaban J connectivity index is 2.16. The van der Waals surface area contributed by atoms with Gasteiger partial charge in [0.1, 0.15) is 5.75 Å². The molecule has 124 valence electrons. The maximum absolute atomic E-state index is 5.46. The third kappa shape index (κ3) is 8.92. The van der Waals surface area contributed by atoms with Gasteiger partial charge in [-0.2, -0.15) is 0 Å². The van der Waals surface area contributed by atoms with Gasteiger partial charge in [0.25, 0.3) is 0 Å². The Hall–Kier alpha value is -1.24. The molecule has 0 fully saturated rings. The van der Waals surface area contributed by atoms with Crippen molar-refractivity contribution in [3.05, 3.63) is 35.9 Å². The van der Waals surface area contributed by atoms with Crippen LogP contribution in [0.4, 0.5) is 0 Å². The molecule has 0 N–H and O–H groups in total. The molecule has 0 aliphatic carbocycles. The molecule has 0 saturated heterocycles. The van der Waals surface area contributed by atoms with Gasteiger partial charge in [-0.25, -0.2) is 0 Å². The van der Waals surface area contributed by atoms with E-state index < -0.39 is 0 Å². The number of allylic oxidation sites excluding steroid dienone is 1. The van der Waals surface area contributed by atoms with Gasteiger partial charge in [0, 0.05) is 0 Å². The van der Waals surface area contributed by atoms with Gasteiger partial charge in [0.2, 0.25) is 0 Å². The van der Waals surface area contributed by atoms with E-state index in [0.717, 1.165) is 12.4 Å². The summed E-state index contributed by atoms with van der Waals surface area (Å²) in [5.41, 5.74) is 1.26. The van der Waals surface area contributed by atoms with Crippen molar-refractivity contribution in [1.29, 1.82) is 0 Å². The fraction of sp³-hybridized carbons (Fsp3) is 0.619. The monoisotopic (exact) mass is 302 g/mol. The predicted octanol–water partition coefficient (Wildman–Crippen LogP) is 6.88. The van der Waals surface area contributed by atoms with Crippen LogP contribution in [-0.4, -0.2) is 6.61 Å². The van der Waals surface area contributed by atoms with Gasteiger partial charge in [0.15, 0.2) is 0 Å². The maximum Gasteiger partial charge on any atom is 0.119 e. The lowest BCUT2D eigenvalue weighted by Crippen LogP contribution is -1.91. The first-order valence-electron chi connectivity index (χ1n) is 9.17. The van der Waals surface area contributed by atoms with Crippen molar-refractivity contribution in [2.24, 2.45) is 5.92 Å². The standard InChI is InChI=1S/C21H34O/c1-4-6-7-8-9-10-11-12-19(3)13-14-20-15-17-21(18-16-20)22-5-2/h13-19H,4-12H2,1-3H3/b14-13+. The van der Waals surface area contributed by atoms with Gasteiger partial charge >= 0.3 is 0 Å². The molecule has 0 aromatic heterocycles. The minimum atomic E-state index is 0.669. The van der Waals surface area contributed by atoms with Gasteiger partial charge < -0.3 is 4.74 Å². The van der Waals surface area contributed by atoms with Crippen LogP contribution >= 0.6 is 0 Å². The van der Waals surface area contributed by atoms with Gasteiger partial charge in [-0.05, 0) is 37.0 Å². The zero-order valence-electron chi connectivity index (χ0n) is 14.8. The minimum absolute atomic E-state index is 0.669. The highest BCUT2D eigenvalue weighted by molar-refractivity contribution is 5.50. The lowest BCUT2D eigenvalue weighted by atomic mass is 10.0. The molecule has 22 heavy (non-hydrogen) atoms. The Kier molecular flexibility index (Phi) is 10.5. The van der Waals surface area contributed by atoms with Crippen LogP contribution < -0.4 is 4.74 Å². The summed E-state index contributed by atoms with van der Waals surface area (Å²) in [6.45, 7) is 7.34. The molecule has 1 aromatic rings. The molecule has 1 atom stereocenters. The Labute approximate surface area is 137 Å². The lowest BCUT2D eigenvalue weighted by Gasteiger charge is -2.06. The number of unbranched alkanes of at least 4 members (excludes halogenated alkanes) is 6. The molecule has 0 aliphatic rings. The molecule has 0 spiro atoms. The molecule has 0 aliphatic heterocycles. The Bertz CT molecular complexity index is 391. The quantitative estimate of drug-likeness (QED) is 0.382. The number of hydrogen-bond donors (Lipinski definition) is 0. The average Bonchev–Trinajstić information content (AvgIpc) is 2.54. The van der Waals surface area contributed by atoms with Crippen LogP contribution in [0.5, 0.6) is 5.75 Å². The summed E-state index contributed by atoms with van der Waals surface area (Å²) in [4.78, 5) is 0. The van der Waals surface area contributed by atoms with Crippen LogP contribution in [0.2, 0.25) is 0 Å². The van der Waals surface area contributed by atoms with E-state index in [4.69, 9.17) is 4.74 Å². The SMILES string of the molecule is CCCCCCCCCC(C)/C=C/c1ccc(OCC)cc1. The van der Waals surface area contributed by atoms with Crippen LogP contribution in [-0.2, 0) is 0 Å². The molecule has 1 rings (SSSR count). The molecule has 1 aromatic carbocycles. The lowest BCUT2D eigenvalue weighted by molar-refractivity contribution is 0.340. The second-order valence-corrected chi connectivity index (χ2v) is 6.25. The van der Waals surface area contributed by atoms with Crippen molar-refractivity contribution in [2.75, 3.05) is 6.61 Å². The van der Waals surface area contributed by atoms with E-state index in [2.05, 4.69) is 38.1 Å². The van der Waals surface area contributed by atoms with Crippen molar-refractivity contribution in [1.82, 2.24) is 0 Å². The third-order valence-corrected chi connectivity index (χ3v) is 4.07. The van der Waals surface area contributed by atoms with E-state index in [0.29, 0.717) is 5.92 Å². The van der Waals surface area contributed by atoms with Crippen molar-refractivity contribution >= 4 is 6.08 Å². The zero-order valence-corrected chi connectivity index (χ0v) is 14.8. The van der Waals surface area contributed by atoms with Gasteiger partial charge in [0.05, 0.1) is 6.61 Å². The minimum Gasteiger partial charge on any atom is -0.494 e. The summed E-state index contributed by atoms with van der Waals surface area (Å²) in [6, 6.07) is 8.35. The van der Waals surface area contributed by atoms with Crippen molar-refractivity contribution in [2.45, 2.75) is 72.1 Å².